The molecule has 0 bridgehead atoms. The molecule has 0 radical (unpaired) electrons. The number of halogens is 1. The van der Waals surface area contributed by atoms with E-state index in [0.717, 1.165) is 28.0 Å². The lowest BCUT2D eigenvalue weighted by Gasteiger charge is -2.10. The molecule has 3 aromatic heterocycles. The number of H-pyrrole nitrogens is 1. The number of pyridine rings is 1. The van der Waals surface area contributed by atoms with Gasteiger partial charge in [-0.1, -0.05) is 18.2 Å². The molecule has 4 rings (SSSR count). The first kappa shape index (κ1) is 14.6. The molecule has 0 spiro atoms. The van der Waals surface area contributed by atoms with Crippen molar-refractivity contribution in [2.45, 2.75) is 13.8 Å². The highest BCUT2D eigenvalue weighted by Crippen LogP contribution is 2.35. The van der Waals surface area contributed by atoms with E-state index in [-0.39, 0.29) is 5.82 Å². The third-order valence-corrected chi connectivity index (χ3v) is 4.39. The second-order valence-electron chi connectivity index (χ2n) is 5.80. The van der Waals surface area contributed by atoms with Gasteiger partial charge in [0, 0.05) is 41.2 Å². The van der Waals surface area contributed by atoms with Crippen molar-refractivity contribution in [2.75, 3.05) is 0 Å². The minimum Gasteiger partial charge on any atom is -0.343 e. The van der Waals surface area contributed by atoms with Gasteiger partial charge in [0.2, 0.25) is 0 Å². The SMILES string of the molecule is Cc1nn(C)c(C)c1-c1cccc(-c2ccnc3nc[nH]c23)c1F. The number of rotatable bonds is 2. The smallest absolute Gasteiger partial charge is 0.178 e. The molecule has 0 unspecified atom stereocenters. The molecule has 3 heterocycles. The molecule has 0 saturated heterocycles. The standard InChI is InChI=1S/C18H16FN5/c1-10-15(11(2)24(3)23-10)14-6-4-5-12(16(14)19)13-7-8-20-18-17(13)21-9-22-18/h4-9H,1-3H3,(H,20,21,22). The van der Waals surface area contributed by atoms with E-state index in [1.165, 1.54) is 0 Å². The van der Waals surface area contributed by atoms with Crippen molar-refractivity contribution in [3.63, 3.8) is 0 Å². The topological polar surface area (TPSA) is 59.4 Å². The van der Waals surface area contributed by atoms with Crippen molar-refractivity contribution in [3.8, 4) is 22.3 Å². The van der Waals surface area contributed by atoms with Crippen LogP contribution < -0.4 is 0 Å². The Bertz CT molecular complexity index is 1060. The average molecular weight is 321 g/mol. The van der Waals surface area contributed by atoms with Gasteiger partial charge < -0.3 is 4.98 Å². The normalized spacial score (nSPS) is 11.3. The van der Waals surface area contributed by atoms with Crippen molar-refractivity contribution in [1.82, 2.24) is 24.7 Å². The maximum atomic E-state index is 15.4. The molecule has 120 valence electrons. The van der Waals surface area contributed by atoms with Crippen LogP contribution in [0.5, 0.6) is 0 Å². The van der Waals surface area contributed by atoms with E-state index in [9.17, 15) is 0 Å². The predicted octanol–water partition coefficient (Wildman–Crippen LogP) is 3.78. The van der Waals surface area contributed by atoms with Crippen LogP contribution in [-0.2, 0) is 7.05 Å². The van der Waals surface area contributed by atoms with E-state index in [1.807, 2.05) is 27.0 Å². The summed E-state index contributed by atoms with van der Waals surface area (Å²) in [6, 6.07) is 7.23. The number of aryl methyl sites for hydroxylation is 2. The average Bonchev–Trinajstić information content (AvgIpc) is 3.13. The van der Waals surface area contributed by atoms with Crippen LogP contribution in [-0.4, -0.2) is 24.7 Å². The largest absolute Gasteiger partial charge is 0.343 e. The minimum absolute atomic E-state index is 0.265. The highest BCUT2D eigenvalue weighted by Gasteiger charge is 2.19. The first-order chi connectivity index (χ1) is 11.6. The minimum atomic E-state index is -0.265. The van der Waals surface area contributed by atoms with Crippen molar-refractivity contribution in [2.24, 2.45) is 7.05 Å². The van der Waals surface area contributed by atoms with Crippen LogP contribution in [0.2, 0.25) is 0 Å². The zero-order valence-electron chi connectivity index (χ0n) is 13.6. The molecule has 0 atom stereocenters. The highest BCUT2D eigenvalue weighted by atomic mass is 19.1. The Hall–Kier alpha value is -3.02. The van der Waals surface area contributed by atoms with E-state index >= 15 is 4.39 Å². The van der Waals surface area contributed by atoms with Crippen LogP contribution in [0, 0.1) is 19.7 Å². The molecule has 24 heavy (non-hydrogen) atoms. The lowest BCUT2D eigenvalue weighted by molar-refractivity contribution is 0.634. The molecule has 0 aliphatic rings. The van der Waals surface area contributed by atoms with Crippen molar-refractivity contribution < 1.29 is 4.39 Å². The molecule has 0 aliphatic carbocycles. The Labute approximate surface area is 138 Å². The van der Waals surface area contributed by atoms with Crippen LogP contribution in [0.15, 0.2) is 36.8 Å². The highest BCUT2D eigenvalue weighted by molar-refractivity contribution is 5.91. The third kappa shape index (κ3) is 2.03. The first-order valence-corrected chi connectivity index (χ1v) is 7.65. The maximum Gasteiger partial charge on any atom is 0.178 e. The summed E-state index contributed by atoms with van der Waals surface area (Å²) in [4.78, 5) is 11.4. The number of nitrogens with zero attached hydrogens (tertiary/aromatic N) is 4. The molecule has 0 amide bonds. The van der Waals surface area contributed by atoms with Gasteiger partial charge in [-0.05, 0) is 19.9 Å². The van der Waals surface area contributed by atoms with Gasteiger partial charge in [-0.3, -0.25) is 4.68 Å². The first-order valence-electron chi connectivity index (χ1n) is 7.65. The van der Waals surface area contributed by atoms with Crippen LogP contribution in [0.3, 0.4) is 0 Å². The number of benzene rings is 1. The van der Waals surface area contributed by atoms with Gasteiger partial charge in [0.15, 0.2) is 5.65 Å². The van der Waals surface area contributed by atoms with E-state index in [4.69, 9.17) is 0 Å². The predicted molar refractivity (Wildman–Crippen MR) is 91.0 cm³/mol. The van der Waals surface area contributed by atoms with E-state index in [1.54, 1.807) is 35.4 Å². The molecular formula is C18H16FN5. The fourth-order valence-electron chi connectivity index (χ4n) is 3.17. The molecule has 0 aliphatic heterocycles. The van der Waals surface area contributed by atoms with E-state index in [2.05, 4.69) is 20.1 Å². The summed E-state index contributed by atoms with van der Waals surface area (Å²) in [7, 11) is 1.87. The molecular weight excluding hydrogens is 305 g/mol. The Morgan fingerprint density at radius 3 is 2.58 bits per heavy atom. The molecule has 5 nitrogen and oxygen atoms in total. The number of imidazole rings is 1. The number of aromatic nitrogens is 5. The second-order valence-corrected chi connectivity index (χ2v) is 5.80. The third-order valence-electron chi connectivity index (χ3n) is 4.39. The Balaban J connectivity index is 1.98. The zero-order chi connectivity index (χ0) is 16.8. The Morgan fingerprint density at radius 2 is 1.83 bits per heavy atom. The monoisotopic (exact) mass is 321 g/mol. The summed E-state index contributed by atoms with van der Waals surface area (Å²) >= 11 is 0. The Morgan fingerprint density at radius 1 is 1.04 bits per heavy atom. The van der Waals surface area contributed by atoms with Crippen LogP contribution >= 0.6 is 0 Å². The molecule has 1 aromatic carbocycles. The van der Waals surface area contributed by atoms with Crippen molar-refractivity contribution in [1.29, 1.82) is 0 Å². The quantitative estimate of drug-likeness (QED) is 0.611. The van der Waals surface area contributed by atoms with Crippen LogP contribution in [0.25, 0.3) is 33.4 Å². The maximum absolute atomic E-state index is 15.4. The molecule has 0 fully saturated rings. The number of fused-ring (bicyclic) bond motifs is 1. The number of hydrogen-bond donors (Lipinski definition) is 1. The fraction of sp³-hybridized carbons (Fsp3) is 0.167. The van der Waals surface area contributed by atoms with Gasteiger partial charge >= 0.3 is 0 Å². The van der Waals surface area contributed by atoms with Gasteiger partial charge in [-0.25, -0.2) is 14.4 Å². The van der Waals surface area contributed by atoms with Gasteiger partial charge in [0.05, 0.1) is 17.5 Å². The van der Waals surface area contributed by atoms with Gasteiger partial charge in [-0.15, -0.1) is 0 Å². The van der Waals surface area contributed by atoms with Gasteiger partial charge in [0.25, 0.3) is 0 Å². The summed E-state index contributed by atoms with van der Waals surface area (Å²) in [5.41, 5.74) is 5.71. The van der Waals surface area contributed by atoms with Crippen molar-refractivity contribution in [3.05, 3.63) is 54.0 Å². The summed E-state index contributed by atoms with van der Waals surface area (Å²) in [6.45, 7) is 3.84. The van der Waals surface area contributed by atoms with Crippen molar-refractivity contribution >= 4 is 11.2 Å². The summed E-state index contributed by atoms with van der Waals surface area (Å²) in [6.07, 6.45) is 3.21. The molecule has 6 heteroatoms. The lowest BCUT2D eigenvalue weighted by Crippen LogP contribution is -1.95. The Kier molecular flexibility index (Phi) is 3.19. The molecule has 0 saturated carbocycles. The van der Waals surface area contributed by atoms with Gasteiger partial charge in [0.1, 0.15) is 5.82 Å². The zero-order valence-corrected chi connectivity index (χ0v) is 13.6. The number of aromatic amines is 1. The summed E-state index contributed by atoms with van der Waals surface area (Å²) in [5.74, 6) is -0.265. The lowest BCUT2D eigenvalue weighted by atomic mass is 9.97. The van der Waals surface area contributed by atoms with Crippen LogP contribution in [0.1, 0.15) is 11.4 Å². The fourth-order valence-corrected chi connectivity index (χ4v) is 3.17. The number of nitrogens with one attached hydrogen (secondary N) is 1. The summed E-state index contributed by atoms with van der Waals surface area (Å²) in [5, 5.41) is 4.40. The number of hydrogen-bond acceptors (Lipinski definition) is 3. The molecule has 4 aromatic rings. The van der Waals surface area contributed by atoms with Gasteiger partial charge in [-0.2, -0.15) is 5.10 Å². The second kappa shape index (κ2) is 5.26. The molecule has 1 N–H and O–H groups in total. The summed E-state index contributed by atoms with van der Waals surface area (Å²) < 4.78 is 17.1. The van der Waals surface area contributed by atoms with E-state index in [0.29, 0.717) is 16.8 Å². The van der Waals surface area contributed by atoms with E-state index < -0.39 is 0 Å². The van der Waals surface area contributed by atoms with Crippen LogP contribution in [0.4, 0.5) is 4.39 Å².